The second kappa shape index (κ2) is 5.25. The second-order valence-electron chi connectivity index (χ2n) is 4.69. The molecule has 1 aliphatic rings. The zero-order chi connectivity index (χ0) is 11.4. The van der Waals surface area contributed by atoms with Gasteiger partial charge in [0.05, 0.1) is 0 Å². The molecular formula is C12H20N4. The lowest BCUT2D eigenvalue weighted by atomic mass is 10.3. The van der Waals surface area contributed by atoms with Gasteiger partial charge >= 0.3 is 0 Å². The molecule has 0 atom stereocenters. The van der Waals surface area contributed by atoms with Crippen molar-refractivity contribution in [1.82, 2.24) is 14.9 Å². The molecule has 1 aliphatic carbocycles. The summed E-state index contributed by atoms with van der Waals surface area (Å²) >= 11 is 0. The third-order valence-corrected chi connectivity index (χ3v) is 2.77. The summed E-state index contributed by atoms with van der Waals surface area (Å²) in [6, 6.07) is 2.09. The molecule has 88 valence electrons. The number of hydrogen-bond acceptors (Lipinski definition) is 4. The minimum atomic E-state index is 0.699. The van der Waals surface area contributed by atoms with E-state index in [0.29, 0.717) is 5.92 Å². The van der Waals surface area contributed by atoms with Crippen LogP contribution in [0.25, 0.3) is 0 Å². The first-order valence-electron chi connectivity index (χ1n) is 5.96. The minimum Gasteiger partial charge on any atom is -0.370 e. The number of rotatable bonds is 6. The fourth-order valence-corrected chi connectivity index (χ4v) is 1.68. The Morgan fingerprint density at radius 3 is 2.88 bits per heavy atom. The Kier molecular flexibility index (Phi) is 3.72. The van der Waals surface area contributed by atoms with Crippen LogP contribution < -0.4 is 5.32 Å². The highest BCUT2D eigenvalue weighted by molar-refractivity contribution is 5.36. The summed E-state index contributed by atoms with van der Waals surface area (Å²) < 4.78 is 0. The van der Waals surface area contributed by atoms with Crippen LogP contribution >= 0.6 is 0 Å². The van der Waals surface area contributed by atoms with Gasteiger partial charge in [0.15, 0.2) is 0 Å². The first kappa shape index (κ1) is 11.3. The quantitative estimate of drug-likeness (QED) is 0.741. The largest absolute Gasteiger partial charge is 0.370 e. The van der Waals surface area contributed by atoms with E-state index in [-0.39, 0.29) is 0 Å². The van der Waals surface area contributed by atoms with E-state index in [2.05, 4.69) is 40.3 Å². The molecule has 0 aromatic carbocycles. The van der Waals surface area contributed by atoms with Gasteiger partial charge < -0.3 is 10.2 Å². The molecule has 1 aromatic rings. The van der Waals surface area contributed by atoms with Gasteiger partial charge in [0.1, 0.15) is 12.1 Å². The third-order valence-electron chi connectivity index (χ3n) is 2.77. The molecule has 16 heavy (non-hydrogen) atoms. The number of hydrogen-bond donors (Lipinski definition) is 1. The predicted octanol–water partition coefficient (Wildman–Crippen LogP) is 1.72. The van der Waals surface area contributed by atoms with E-state index in [9.17, 15) is 0 Å². The molecule has 4 nitrogen and oxygen atoms in total. The van der Waals surface area contributed by atoms with Crippen LogP contribution in [0.5, 0.6) is 0 Å². The number of aromatic nitrogens is 2. The first-order chi connectivity index (χ1) is 7.75. The Balaban J connectivity index is 1.77. The van der Waals surface area contributed by atoms with Crippen LogP contribution in [0.3, 0.4) is 0 Å². The number of nitrogens with zero attached hydrogens (tertiary/aromatic N) is 3. The lowest BCUT2D eigenvalue weighted by molar-refractivity contribution is 0.405. The number of anilines is 1. The van der Waals surface area contributed by atoms with Gasteiger partial charge in [-0.15, -0.1) is 0 Å². The molecule has 1 saturated carbocycles. The molecule has 0 bridgehead atoms. The fourth-order valence-electron chi connectivity index (χ4n) is 1.68. The normalized spacial score (nSPS) is 15.4. The Bertz CT molecular complexity index is 334. The summed E-state index contributed by atoms with van der Waals surface area (Å²) in [5.41, 5.74) is 1.20. The molecule has 0 unspecified atom stereocenters. The van der Waals surface area contributed by atoms with Crippen LogP contribution in [0, 0.1) is 0 Å². The van der Waals surface area contributed by atoms with Crippen molar-refractivity contribution in [1.29, 1.82) is 0 Å². The van der Waals surface area contributed by atoms with Crippen molar-refractivity contribution in [3.05, 3.63) is 18.1 Å². The van der Waals surface area contributed by atoms with Crippen LogP contribution in [-0.2, 0) is 0 Å². The van der Waals surface area contributed by atoms with Gasteiger partial charge in [-0.3, -0.25) is 0 Å². The van der Waals surface area contributed by atoms with Gasteiger partial charge in [-0.2, -0.15) is 0 Å². The SMILES string of the molecule is CN(C)CCCNc1cc(C2CC2)ncn1. The molecule has 0 radical (unpaired) electrons. The summed E-state index contributed by atoms with van der Waals surface area (Å²) in [5, 5.41) is 3.35. The van der Waals surface area contributed by atoms with Crippen molar-refractivity contribution in [3.63, 3.8) is 0 Å². The molecule has 0 spiro atoms. The molecule has 0 saturated heterocycles. The summed E-state index contributed by atoms with van der Waals surface area (Å²) in [5.74, 6) is 1.67. The summed E-state index contributed by atoms with van der Waals surface area (Å²) in [4.78, 5) is 10.7. The highest BCUT2D eigenvalue weighted by atomic mass is 15.1. The molecule has 4 heteroatoms. The van der Waals surface area contributed by atoms with Gasteiger partial charge in [-0.25, -0.2) is 9.97 Å². The standard InChI is InChI=1S/C12H20N4/c1-16(2)7-3-6-13-12-8-11(10-4-5-10)14-9-15-12/h8-10H,3-7H2,1-2H3,(H,13,14,15). The maximum absolute atomic E-state index is 4.30. The maximum Gasteiger partial charge on any atom is 0.129 e. The van der Waals surface area contributed by atoms with E-state index >= 15 is 0 Å². The molecule has 0 amide bonds. The first-order valence-corrected chi connectivity index (χ1v) is 5.96. The van der Waals surface area contributed by atoms with E-state index < -0.39 is 0 Å². The van der Waals surface area contributed by atoms with Gasteiger partial charge in [0, 0.05) is 24.2 Å². The minimum absolute atomic E-state index is 0.699. The van der Waals surface area contributed by atoms with Crippen LogP contribution in [-0.4, -0.2) is 42.1 Å². The molecule has 1 fully saturated rings. The number of nitrogens with one attached hydrogen (secondary N) is 1. The van der Waals surface area contributed by atoms with Crippen LogP contribution in [0.15, 0.2) is 12.4 Å². The predicted molar refractivity (Wildman–Crippen MR) is 65.7 cm³/mol. The molecule has 2 rings (SSSR count). The zero-order valence-electron chi connectivity index (χ0n) is 10.1. The van der Waals surface area contributed by atoms with E-state index in [0.717, 1.165) is 25.3 Å². The Labute approximate surface area is 97.1 Å². The lowest BCUT2D eigenvalue weighted by Gasteiger charge is -2.10. The van der Waals surface area contributed by atoms with Crippen molar-refractivity contribution < 1.29 is 0 Å². The highest BCUT2D eigenvalue weighted by Gasteiger charge is 2.25. The summed E-state index contributed by atoms with van der Waals surface area (Å²) in [6.45, 7) is 2.08. The van der Waals surface area contributed by atoms with Crippen LogP contribution in [0.4, 0.5) is 5.82 Å². The van der Waals surface area contributed by atoms with Crippen molar-refractivity contribution in [3.8, 4) is 0 Å². The van der Waals surface area contributed by atoms with Crippen molar-refractivity contribution in [2.24, 2.45) is 0 Å². The Morgan fingerprint density at radius 1 is 1.38 bits per heavy atom. The van der Waals surface area contributed by atoms with Crippen LogP contribution in [0.1, 0.15) is 30.9 Å². The van der Waals surface area contributed by atoms with Gasteiger partial charge in [0.2, 0.25) is 0 Å². The molecule has 0 aliphatic heterocycles. The average molecular weight is 220 g/mol. The van der Waals surface area contributed by atoms with Gasteiger partial charge in [-0.05, 0) is 39.9 Å². The smallest absolute Gasteiger partial charge is 0.129 e. The topological polar surface area (TPSA) is 41.0 Å². The Morgan fingerprint density at radius 2 is 2.19 bits per heavy atom. The van der Waals surface area contributed by atoms with Crippen molar-refractivity contribution >= 4 is 5.82 Å². The second-order valence-corrected chi connectivity index (χ2v) is 4.69. The maximum atomic E-state index is 4.30. The summed E-state index contributed by atoms with van der Waals surface area (Å²) in [6.07, 6.45) is 5.38. The highest BCUT2D eigenvalue weighted by Crippen LogP contribution is 2.39. The van der Waals surface area contributed by atoms with Gasteiger partial charge in [-0.1, -0.05) is 0 Å². The fraction of sp³-hybridized carbons (Fsp3) is 0.667. The van der Waals surface area contributed by atoms with E-state index in [1.807, 2.05) is 0 Å². The van der Waals surface area contributed by atoms with Crippen molar-refractivity contribution in [2.75, 3.05) is 32.5 Å². The van der Waals surface area contributed by atoms with Gasteiger partial charge in [0.25, 0.3) is 0 Å². The summed E-state index contributed by atoms with van der Waals surface area (Å²) in [7, 11) is 4.19. The molecule has 1 aromatic heterocycles. The van der Waals surface area contributed by atoms with Crippen LogP contribution in [0.2, 0.25) is 0 Å². The van der Waals surface area contributed by atoms with E-state index in [4.69, 9.17) is 0 Å². The van der Waals surface area contributed by atoms with Crippen molar-refractivity contribution in [2.45, 2.75) is 25.2 Å². The molecule has 1 N–H and O–H groups in total. The lowest BCUT2D eigenvalue weighted by Crippen LogP contribution is -2.16. The molecular weight excluding hydrogens is 200 g/mol. The molecule has 1 heterocycles. The third kappa shape index (κ3) is 3.45. The van der Waals surface area contributed by atoms with E-state index in [1.54, 1.807) is 6.33 Å². The Hall–Kier alpha value is -1.16. The monoisotopic (exact) mass is 220 g/mol. The average Bonchev–Trinajstić information content (AvgIpc) is 3.08. The zero-order valence-corrected chi connectivity index (χ0v) is 10.1. The van der Waals surface area contributed by atoms with E-state index in [1.165, 1.54) is 18.5 Å².